The molecular weight excluding hydrogens is 450 g/mol. The minimum Gasteiger partial charge on any atom is -0.480 e. The number of ether oxygens (including phenoxy) is 1. The van der Waals surface area contributed by atoms with Gasteiger partial charge in [-0.3, -0.25) is 4.79 Å². The van der Waals surface area contributed by atoms with Crippen LogP contribution in [0, 0.1) is 35.0 Å². The molecular formula is C22H16BrN3O2S. The topological polar surface area (TPSA) is 85.9 Å². The van der Waals surface area contributed by atoms with E-state index in [1.807, 2.05) is 6.07 Å². The standard InChI is InChI=1S/C22H16BrN3O2S/c1-2-9-28-19-8-7-14(11-18(19)23)10-15(12-24)21(27)26-22-17(13-25)16-5-3-4-6-20(16)29-22/h1,7-8,10-11H,3-6,9H2,(H,26,27). The highest BCUT2D eigenvalue weighted by Crippen LogP contribution is 2.37. The summed E-state index contributed by atoms with van der Waals surface area (Å²) in [6.07, 6.45) is 10.6. The number of nitrogens with zero attached hydrogens (tertiary/aromatic N) is 2. The maximum Gasteiger partial charge on any atom is 0.266 e. The average Bonchev–Trinajstić information content (AvgIpc) is 3.08. The molecule has 0 unspecified atom stereocenters. The highest BCUT2D eigenvalue weighted by atomic mass is 79.9. The number of carbonyl (C=O) groups excluding carboxylic acids is 1. The van der Waals surface area contributed by atoms with E-state index in [4.69, 9.17) is 11.2 Å². The van der Waals surface area contributed by atoms with Crippen LogP contribution in [-0.4, -0.2) is 12.5 Å². The molecule has 0 saturated carbocycles. The van der Waals surface area contributed by atoms with Crippen molar-refractivity contribution in [1.82, 2.24) is 0 Å². The van der Waals surface area contributed by atoms with Crippen LogP contribution in [0.4, 0.5) is 5.00 Å². The molecule has 1 aliphatic rings. The Morgan fingerprint density at radius 3 is 2.83 bits per heavy atom. The van der Waals surface area contributed by atoms with E-state index >= 15 is 0 Å². The van der Waals surface area contributed by atoms with Gasteiger partial charge in [0.2, 0.25) is 0 Å². The van der Waals surface area contributed by atoms with Gasteiger partial charge in [-0.1, -0.05) is 12.0 Å². The molecule has 1 N–H and O–H groups in total. The van der Waals surface area contributed by atoms with E-state index in [0.29, 0.717) is 26.4 Å². The first-order valence-electron chi connectivity index (χ1n) is 8.91. The second-order valence-electron chi connectivity index (χ2n) is 6.33. The smallest absolute Gasteiger partial charge is 0.266 e. The molecule has 0 spiro atoms. The summed E-state index contributed by atoms with van der Waals surface area (Å²) in [7, 11) is 0. The Morgan fingerprint density at radius 2 is 2.14 bits per heavy atom. The minimum absolute atomic E-state index is 0.0514. The van der Waals surface area contributed by atoms with Gasteiger partial charge in [0.25, 0.3) is 5.91 Å². The summed E-state index contributed by atoms with van der Waals surface area (Å²) in [6.45, 7) is 0.144. The summed E-state index contributed by atoms with van der Waals surface area (Å²) < 4.78 is 6.05. The normalized spacial score (nSPS) is 12.8. The summed E-state index contributed by atoms with van der Waals surface area (Å²) in [5, 5.41) is 22.3. The molecule has 3 rings (SSSR count). The molecule has 7 heteroatoms. The van der Waals surface area contributed by atoms with Crippen LogP contribution in [0.1, 0.15) is 34.4 Å². The number of anilines is 1. The van der Waals surface area contributed by atoms with E-state index in [2.05, 4.69) is 33.2 Å². The van der Waals surface area contributed by atoms with Crippen molar-refractivity contribution >= 4 is 44.3 Å². The molecule has 1 aromatic carbocycles. The van der Waals surface area contributed by atoms with Gasteiger partial charge in [-0.2, -0.15) is 10.5 Å². The van der Waals surface area contributed by atoms with Crippen molar-refractivity contribution in [2.75, 3.05) is 11.9 Å². The molecule has 2 aromatic rings. The lowest BCUT2D eigenvalue weighted by Gasteiger charge is -2.09. The van der Waals surface area contributed by atoms with E-state index in [1.165, 1.54) is 17.4 Å². The zero-order valence-corrected chi connectivity index (χ0v) is 17.8. The summed E-state index contributed by atoms with van der Waals surface area (Å²) >= 11 is 4.82. The maximum atomic E-state index is 12.7. The number of benzene rings is 1. The average molecular weight is 466 g/mol. The quantitative estimate of drug-likeness (QED) is 0.389. The van der Waals surface area contributed by atoms with Gasteiger partial charge in [-0.15, -0.1) is 17.8 Å². The number of carbonyl (C=O) groups is 1. The van der Waals surface area contributed by atoms with Crippen molar-refractivity contribution in [1.29, 1.82) is 10.5 Å². The van der Waals surface area contributed by atoms with Crippen molar-refractivity contribution in [3.8, 4) is 30.2 Å². The minimum atomic E-state index is -0.536. The Bertz CT molecular complexity index is 1110. The predicted octanol–water partition coefficient (Wildman–Crippen LogP) is 4.82. The Labute approximate surface area is 181 Å². The number of hydrogen-bond donors (Lipinski definition) is 1. The number of rotatable bonds is 5. The summed E-state index contributed by atoms with van der Waals surface area (Å²) in [5.41, 5.74) is 2.16. The molecule has 144 valence electrons. The van der Waals surface area contributed by atoms with Crippen LogP contribution in [0.5, 0.6) is 5.75 Å². The highest BCUT2D eigenvalue weighted by molar-refractivity contribution is 9.10. The van der Waals surface area contributed by atoms with Crippen molar-refractivity contribution in [3.05, 3.63) is 49.8 Å². The van der Waals surface area contributed by atoms with Gasteiger partial charge in [-0.25, -0.2) is 0 Å². The van der Waals surface area contributed by atoms with E-state index in [9.17, 15) is 15.3 Å². The summed E-state index contributed by atoms with van der Waals surface area (Å²) in [4.78, 5) is 13.8. The lowest BCUT2D eigenvalue weighted by atomic mass is 9.96. The third-order valence-corrected chi connectivity index (χ3v) is 6.28. The Kier molecular flexibility index (Phi) is 6.73. The number of nitriles is 2. The SMILES string of the molecule is C#CCOc1ccc(C=C(C#N)C(=O)Nc2sc3c(c2C#N)CCCC3)cc1Br. The van der Waals surface area contributed by atoms with E-state index in [1.54, 1.807) is 18.2 Å². The molecule has 29 heavy (non-hydrogen) atoms. The van der Waals surface area contributed by atoms with E-state index in [-0.39, 0.29) is 12.2 Å². The number of fused-ring (bicyclic) bond motifs is 1. The van der Waals surface area contributed by atoms with Crippen LogP contribution in [0.15, 0.2) is 28.2 Å². The third kappa shape index (κ3) is 4.69. The van der Waals surface area contributed by atoms with Gasteiger partial charge in [0.15, 0.2) is 0 Å². The van der Waals surface area contributed by atoms with Crippen LogP contribution in [-0.2, 0) is 17.6 Å². The van der Waals surface area contributed by atoms with Crippen molar-refractivity contribution < 1.29 is 9.53 Å². The van der Waals surface area contributed by atoms with Crippen molar-refractivity contribution in [2.45, 2.75) is 25.7 Å². The van der Waals surface area contributed by atoms with Crippen molar-refractivity contribution in [3.63, 3.8) is 0 Å². The second kappa shape index (κ2) is 9.43. The molecule has 0 radical (unpaired) electrons. The molecule has 1 amide bonds. The lowest BCUT2D eigenvalue weighted by molar-refractivity contribution is -0.112. The lowest BCUT2D eigenvalue weighted by Crippen LogP contribution is -2.13. The maximum absolute atomic E-state index is 12.7. The first kappa shape index (κ1) is 20.7. The Balaban J connectivity index is 1.82. The van der Waals surface area contributed by atoms with Gasteiger partial charge in [0, 0.05) is 4.88 Å². The van der Waals surface area contributed by atoms with Crippen LogP contribution < -0.4 is 10.1 Å². The van der Waals surface area contributed by atoms with Crippen LogP contribution in [0.2, 0.25) is 0 Å². The third-order valence-electron chi connectivity index (χ3n) is 4.45. The molecule has 0 aliphatic heterocycles. The highest BCUT2D eigenvalue weighted by Gasteiger charge is 2.22. The van der Waals surface area contributed by atoms with Crippen LogP contribution >= 0.6 is 27.3 Å². The molecule has 1 aliphatic carbocycles. The molecule has 1 aromatic heterocycles. The number of hydrogen-bond acceptors (Lipinski definition) is 5. The largest absolute Gasteiger partial charge is 0.480 e. The first-order chi connectivity index (χ1) is 14.1. The Hall–Kier alpha value is -3.05. The molecule has 0 bridgehead atoms. The molecule has 0 fully saturated rings. The van der Waals surface area contributed by atoms with Gasteiger partial charge in [0.05, 0.1) is 10.0 Å². The van der Waals surface area contributed by atoms with Gasteiger partial charge in [-0.05, 0) is 70.9 Å². The van der Waals surface area contributed by atoms with Gasteiger partial charge in [0.1, 0.15) is 35.1 Å². The van der Waals surface area contributed by atoms with Gasteiger partial charge < -0.3 is 10.1 Å². The second-order valence-corrected chi connectivity index (χ2v) is 8.29. The van der Waals surface area contributed by atoms with Crippen molar-refractivity contribution in [2.24, 2.45) is 0 Å². The monoisotopic (exact) mass is 465 g/mol. The zero-order chi connectivity index (χ0) is 20.8. The first-order valence-corrected chi connectivity index (χ1v) is 10.5. The fourth-order valence-electron chi connectivity index (χ4n) is 3.10. The number of nitrogens with one attached hydrogen (secondary N) is 1. The number of aryl methyl sites for hydroxylation is 1. The summed E-state index contributed by atoms with van der Waals surface area (Å²) in [5.74, 6) is 2.43. The Morgan fingerprint density at radius 1 is 1.34 bits per heavy atom. The van der Waals surface area contributed by atoms with Crippen LogP contribution in [0.3, 0.4) is 0 Å². The molecule has 1 heterocycles. The fourth-order valence-corrected chi connectivity index (χ4v) is 4.85. The predicted molar refractivity (Wildman–Crippen MR) is 116 cm³/mol. The van der Waals surface area contributed by atoms with Crippen LogP contribution in [0.25, 0.3) is 6.08 Å². The van der Waals surface area contributed by atoms with E-state index in [0.717, 1.165) is 36.1 Å². The summed E-state index contributed by atoms with van der Waals surface area (Å²) in [6, 6.07) is 9.32. The fraction of sp³-hybridized carbons (Fsp3) is 0.227. The number of thiophene rings is 1. The number of amides is 1. The molecule has 0 saturated heterocycles. The van der Waals surface area contributed by atoms with E-state index < -0.39 is 5.91 Å². The molecule has 5 nitrogen and oxygen atoms in total. The number of terminal acetylenes is 1. The number of halogens is 1. The van der Waals surface area contributed by atoms with Gasteiger partial charge >= 0.3 is 0 Å². The molecule has 0 atom stereocenters. The zero-order valence-electron chi connectivity index (χ0n) is 15.4.